The van der Waals surface area contributed by atoms with E-state index < -0.39 is 11.1 Å². The topological polar surface area (TPSA) is 65.1 Å². The van der Waals surface area contributed by atoms with Crippen molar-refractivity contribution in [2.24, 2.45) is 0 Å². The van der Waals surface area contributed by atoms with Gasteiger partial charge in [-0.1, -0.05) is 18.2 Å². The average Bonchev–Trinajstić information content (AvgIpc) is 2.35. The fraction of sp³-hybridized carbons (Fsp3) is 0.438. The van der Waals surface area contributed by atoms with E-state index in [2.05, 4.69) is 10.3 Å². The number of fused-ring (bicyclic) bond motifs is 1. The molecular formula is C16H22N2O2. The molecule has 1 heterocycles. The molecule has 20 heavy (non-hydrogen) atoms. The summed E-state index contributed by atoms with van der Waals surface area (Å²) in [5.74, 6) is 0. The van der Waals surface area contributed by atoms with Crippen molar-refractivity contribution in [2.75, 3.05) is 0 Å². The van der Waals surface area contributed by atoms with Crippen molar-refractivity contribution < 1.29 is 5.11 Å². The molecule has 0 saturated carbocycles. The van der Waals surface area contributed by atoms with Crippen molar-refractivity contribution in [1.29, 1.82) is 0 Å². The van der Waals surface area contributed by atoms with Gasteiger partial charge in [0.2, 0.25) is 0 Å². The number of aromatic nitrogens is 1. The minimum absolute atomic E-state index is 0.0947. The molecule has 4 heteroatoms. The molecule has 0 unspecified atom stereocenters. The van der Waals surface area contributed by atoms with Gasteiger partial charge >= 0.3 is 0 Å². The van der Waals surface area contributed by atoms with Gasteiger partial charge in [-0.15, -0.1) is 0 Å². The summed E-state index contributed by atoms with van der Waals surface area (Å²) < 4.78 is 0. The van der Waals surface area contributed by atoms with Crippen LogP contribution in [0.3, 0.4) is 0 Å². The van der Waals surface area contributed by atoms with Crippen molar-refractivity contribution in [1.82, 2.24) is 10.3 Å². The number of hydrogen-bond acceptors (Lipinski definition) is 3. The van der Waals surface area contributed by atoms with Crippen LogP contribution in [0.15, 0.2) is 35.1 Å². The second-order valence-electron chi connectivity index (χ2n) is 6.25. The highest BCUT2D eigenvalue weighted by Crippen LogP contribution is 2.21. The molecule has 0 saturated heterocycles. The molecule has 1 aromatic heterocycles. The van der Waals surface area contributed by atoms with E-state index in [9.17, 15) is 9.90 Å². The zero-order chi connectivity index (χ0) is 15.0. The Kier molecular flexibility index (Phi) is 3.71. The largest absolute Gasteiger partial charge is 0.389 e. The Hall–Kier alpha value is -1.65. The Bertz CT molecular complexity index is 666. The van der Waals surface area contributed by atoms with Crippen molar-refractivity contribution in [2.45, 2.75) is 45.4 Å². The van der Waals surface area contributed by atoms with Gasteiger partial charge in [-0.25, -0.2) is 0 Å². The van der Waals surface area contributed by atoms with Crippen LogP contribution >= 0.6 is 0 Å². The van der Waals surface area contributed by atoms with Crippen LogP contribution < -0.4 is 10.9 Å². The lowest BCUT2D eigenvalue weighted by atomic mass is 9.86. The smallest absolute Gasteiger partial charge is 0.252 e. The van der Waals surface area contributed by atoms with E-state index in [1.165, 1.54) is 0 Å². The number of aromatic amines is 1. The molecule has 0 aliphatic heterocycles. The molecule has 0 bridgehead atoms. The number of aliphatic hydroxyl groups is 1. The molecule has 0 atom stereocenters. The Morgan fingerprint density at radius 2 is 1.85 bits per heavy atom. The van der Waals surface area contributed by atoms with Crippen LogP contribution in [-0.2, 0) is 6.54 Å². The third-order valence-electron chi connectivity index (χ3n) is 4.08. The molecule has 0 fully saturated rings. The second kappa shape index (κ2) is 5.04. The lowest BCUT2D eigenvalue weighted by Gasteiger charge is -2.38. The molecule has 0 aliphatic carbocycles. The number of H-pyrrole nitrogens is 1. The molecule has 2 rings (SSSR count). The maximum Gasteiger partial charge on any atom is 0.252 e. The average molecular weight is 274 g/mol. The maximum absolute atomic E-state index is 12.0. The van der Waals surface area contributed by atoms with Crippen molar-refractivity contribution in [3.63, 3.8) is 0 Å². The van der Waals surface area contributed by atoms with Crippen LogP contribution in [0, 0.1) is 0 Å². The summed E-state index contributed by atoms with van der Waals surface area (Å²) in [7, 11) is 0. The van der Waals surface area contributed by atoms with Crippen molar-refractivity contribution in [3.05, 3.63) is 46.2 Å². The first-order valence-electron chi connectivity index (χ1n) is 6.79. The summed E-state index contributed by atoms with van der Waals surface area (Å²) in [6, 6.07) is 9.58. The second-order valence-corrected chi connectivity index (χ2v) is 6.25. The summed E-state index contributed by atoms with van der Waals surface area (Å²) >= 11 is 0. The third kappa shape index (κ3) is 2.92. The van der Waals surface area contributed by atoms with Gasteiger partial charge in [0.25, 0.3) is 5.56 Å². The summed E-state index contributed by atoms with van der Waals surface area (Å²) in [4.78, 5) is 14.9. The summed E-state index contributed by atoms with van der Waals surface area (Å²) in [6.45, 7) is 7.76. The number of benzene rings is 1. The summed E-state index contributed by atoms with van der Waals surface area (Å²) in [5.41, 5.74) is 0.0357. The van der Waals surface area contributed by atoms with Crippen molar-refractivity contribution >= 4 is 10.9 Å². The van der Waals surface area contributed by atoms with Gasteiger partial charge in [0.05, 0.1) is 5.60 Å². The number of hydrogen-bond donors (Lipinski definition) is 3. The molecule has 0 radical (unpaired) electrons. The van der Waals surface area contributed by atoms with Crippen molar-refractivity contribution in [3.8, 4) is 0 Å². The van der Waals surface area contributed by atoms with E-state index in [1.807, 2.05) is 44.2 Å². The summed E-state index contributed by atoms with van der Waals surface area (Å²) in [6.07, 6.45) is 0. The highest BCUT2D eigenvalue weighted by atomic mass is 16.3. The molecule has 3 N–H and O–H groups in total. The number of rotatable bonds is 4. The molecule has 2 aromatic rings. The Morgan fingerprint density at radius 3 is 2.50 bits per heavy atom. The van der Waals surface area contributed by atoms with E-state index in [-0.39, 0.29) is 5.56 Å². The van der Waals surface area contributed by atoms with Gasteiger partial charge < -0.3 is 15.4 Å². The monoisotopic (exact) mass is 274 g/mol. The highest BCUT2D eigenvalue weighted by molar-refractivity contribution is 5.78. The zero-order valence-corrected chi connectivity index (χ0v) is 12.4. The Morgan fingerprint density at radius 1 is 1.20 bits per heavy atom. The first-order chi connectivity index (χ1) is 9.21. The van der Waals surface area contributed by atoms with E-state index in [0.29, 0.717) is 12.1 Å². The lowest BCUT2D eigenvalue weighted by molar-refractivity contribution is -0.00536. The maximum atomic E-state index is 12.0. The minimum atomic E-state index is -0.878. The number of pyridine rings is 1. The van der Waals surface area contributed by atoms with Gasteiger partial charge in [-0.2, -0.15) is 0 Å². The third-order valence-corrected chi connectivity index (χ3v) is 4.08. The SMILES string of the molecule is CC(C)(O)C(C)(C)NCc1cc2ccccc2[nH]c1=O. The highest BCUT2D eigenvalue weighted by Gasteiger charge is 2.34. The van der Waals surface area contributed by atoms with Crippen LogP contribution in [0.4, 0.5) is 0 Å². The molecule has 0 aliphatic rings. The van der Waals surface area contributed by atoms with Crippen LogP contribution in [0.5, 0.6) is 0 Å². The normalized spacial score (nSPS) is 12.8. The van der Waals surface area contributed by atoms with Crippen LogP contribution in [0.1, 0.15) is 33.3 Å². The van der Waals surface area contributed by atoms with E-state index >= 15 is 0 Å². The van der Waals surface area contributed by atoms with Crippen LogP contribution in [0.25, 0.3) is 10.9 Å². The van der Waals surface area contributed by atoms with E-state index in [4.69, 9.17) is 0 Å². The fourth-order valence-electron chi connectivity index (χ4n) is 1.86. The lowest BCUT2D eigenvalue weighted by Crippen LogP contribution is -2.55. The molecule has 4 nitrogen and oxygen atoms in total. The molecule has 1 aromatic carbocycles. The quantitative estimate of drug-likeness (QED) is 0.800. The summed E-state index contributed by atoms with van der Waals surface area (Å²) in [5, 5.41) is 14.4. The van der Waals surface area contributed by atoms with Crippen LogP contribution in [-0.4, -0.2) is 21.2 Å². The number of para-hydroxylation sites is 1. The number of nitrogens with one attached hydrogen (secondary N) is 2. The van der Waals surface area contributed by atoms with Gasteiger partial charge in [0.15, 0.2) is 0 Å². The van der Waals surface area contributed by atoms with Crippen LogP contribution in [0.2, 0.25) is 0 Å². The van der Waals surface area contributed by atoms with Gasteiger partial charge in [-0.3, -0.25) is 4.79 Å². The van der Waals surface area contributed by atoms with Gasteiger partial charge in [-0.05, 0) is 45.2 Å². The molecular weight excluding hydrogens is 252 g/mol. The van der Waals surface area contributed by atoms with E-state index in [0.717, 1.165) is 10.9 Å². The van der Waals surface area contributed by atoms with E-state index in [1.54, 1.807) is 13.8 Å². The molecule has 0 spiro atoms. The molecule has 0 amide bonds. The van der Waals surface area contributed by atoms with Gasteiger partial charge in [0, 0.05) is 23.2 Å². The van der Waals surface area contributed by atoms with Gasteiger partial charge in [0.1, 0.15) is 0 Å². The fourth-order valence-corrected chi connectivity index (χ4v) is 1.86. The first-order valence-corrected chi connectivity index (χ1v) is 6.79. The standard InChI is InChI=1S/C16H22N2O2/c1-15(2,16(3,4)20)17-10-12-9-11-7-5-6-8-13(11)18-14(12)19/h5-9,17,20H,10H2,1-4H3,(H,18,19). The Balaban J connectivity index is 2.27. The Labute approximate surface area is 118 Å². The molecule has 108 valence electrons. The first kappa shape index (κ1) is 14.8. The predicted molar refractivity (Wildman–Crippen MR) is 81.8 cm³/mol. The zero-order valence-electron chi connectivity index (χ0n) is 12.4. The predicted octanol–water partition coefficient (Wildman–Crippen LogP) is 2.17. The minimum Gasteiger partial charge on any atom is -0.389 e.